The van der Waals surface area contributed by atoms with Crippen molar-refractivity contribution in [3.63, 3.8) is 0 Å². The minimum Gasteiger partial charge on any atom is -0.348 e. The molecule has 4 rings (SSSR count). The predicted molar refractivity (Wildman–Crippen MR) is 138 cm³/mol. The highest BCUT2D eigenvalue weighted by Crippen LogP contribution is 2.26. The van der Waals surface area contributed by atoms with E-state index in [1.165, 1.54) is 36.4 Å². The number of carbonyl (C=O) groups is 1. The Morgan fingerprint density at radius 2 is 1.42 bits per heavy atom. The third kappa shape index (κ3) is 6.37. The summed E-state index contributed by atoms with van der Waals surface area (Å²) in [5.41, 5.74) is 3.01. The lowest BCUT2D eigenvalue weighted by molar-refractivity contribution is 0.0951. The zero-order chi connectivity index (χ0) is 25.5. The van der Waals surface area contributed by atoms with Crippen molar-refractivity contribution in [2.24, 2.45) is 0 Å². The Labute approximate surface area is 214 Å². The van der Waals surface area contributed by atoms with Crippen LogP contribution in [0.15, 0.2) is 107 Å². The Hall–Kier alpha value is -3.52. The van der Waals surface area contributed by atoms with Gasteiger partial charge in [0, 0.05) is 30.2 Å². The average molecular weight is 523 g/mol. The molecule has 36 heavy (non-hydrogen) atoms. The number of amides is 1. The first kappa shape index (κ1) is 25.6. The number of sulfone groups is 1. The Bertz CT molecular complexity index is 1440. The number of hydrogen-bond acceptors (Lipinski definition) is 4. The van der Waals surface area contributed by atoms with Gasteiger partial charge in [-0.3, -0.25) is 4.79 Å². The number of nitrogens with one attached hydrogen (secondary N) is 2. The van der Waals surface area contributed by atoms with Crippen molar-refractivity contribution in [3.8, 4) is 0 Å². The highest BCUT2D eigenvalue weighted by Gasteiger charge is 2.22. The van der Waals surface area contributed by atoms with Crippen LogP contribution in [0.1, 0.15) is 27.0 Å². The largest absolute Gasteiger partial charge is 0.348 e. The topological polar surface area (TPSA) is 75.3 Å². The van der Waals surface area contributed by atoms with E-state index in [-0.39, 0.29) is 22.2 Å². The van der Waals surface area contributed by atoms with Gasteiger partial charge in [-0.15, -0.1) is 0 Å². The molecule has 0 unspecified atom stereocenters. The molecule has 2 N–H and O–H groups in total. The Kier molecular flexibility index (Phi) is 8.15. The summed E-state index contributed by atoms with van der Waals surface area (Å²) in [4.78, 5) is 12.2. The molecule has 4 aromatic rings. The SMILES string of the molecule is O=C(NCc1ccc(CNCc2ccc(F)cc2S(=O)(=O)c2ccc(Cl)cc2)cc1)c1ccccc1. The zero-order valence-corrected chi connectivity index (χ0v) is 20.8. The van der Waals surface area contributed by atoms with Gasteiger partial charge >= 0.3 is 0 Å². The molecule has 0 atom stereocenters. The number of carbonyl (C=O) groups excluding carboxylic acids is 1. The second-order valence-corrected chi connectivity index (χ2v) is 10.5. The van der Waals surface area contributed by atoms with Gasteiger partial charge in [-0.25, -0.2) is 12.8 Å². The Balaban J connectivity index is 1.37. The zero-order valence-electron chi connectivity index (χ0n) is 19.2. The molecular weight excluding hydrogens is 499 g/mol. The minimum atomic E-state index is -3.92. The number of benzene rings is 4. The van der Waals surface area contributed by atoms with Crippen molar-refractivity contribution in [3.05, 3.63) is 130 Å². The first-order valence-corrected chi connectivity index (χ1v) is 13.1. The average Bonchev–Trinajstić information content (AvgIpc) is 2.89. The van der Waals surface area contributed by atoms with Gasteiger partial charge in [-0.05, 0) is 65.2 Å². The van der Waals surface area contributed by atoms with Gasteiger partial charge in [0.2, 0.25) is 9.84 Å². The predicted octanol–water partition coefficient (Wildman–Crippen LogP) is 5.53. The summed E-state index contributed by atoms with van der Waals surface area (Å²) in [7, 11) is -3.92. The molecule has 0 aliphatic carbocycles. The summed E-state index contributed by atoms with van der Waals surface area (Å²) in [5.74, 6) is -0.758. The van der Waals surface area contributed by atoms with Crippen molar-refractivity contribution in [1.82, 2.24) is 10.6 Å². The van der Waals surface area contributed by atoms with Gasteiger partial charge in [0.25, 0.3) is 5.91 Å². The molecule has 1 amide bonds. The lowest BCUT2D eigenvalue weighted by Gasteiger charge is -2.12. The molecule has 0 fully saturated rings. The summed E-state index contributed by atoms with van der Waals surface area (Å²) in [6, 6.07) is 26.3. The van der Waals surface area contributed by atoms with Crippen molar-refractivity contribution < 1.29 is 17.6 Å². The van der Waals surface area contributed by atoms with E-state index in [1.807, 2.05) is 42.5 Å². The maximum absolute atomic E-state index is 14.0. The quantitative estimate of drug-likeness (QED) is 0.303. The van der Waals surface area contributed by atoms with Crippen LogP contribution in [0, 0.1) is 5.82 Å². The molecule has 0 bridgehead atoms. The van der Waals surface area contributed by atoms with Crippen molar-refractivity contribution in [2.45, 2.75) is 29.4 Å². The van der Waals surface area contributed by atoms with E-state index in [1.54, 1.807) is 12.1 Å². The van der Waals surface area contributed by atoms with E-state index in [0.29, 0.717) is 29.2 Å². The maximum atomic E-state index is 14.0. The fraction of sp³-hybridized carbons (Fsp3) is 0.107. The second-order valence-electron chi connectivity index (χ2n) is 8.18. The van der Waals surface area contributed by atoms with E-state index in [9.17, 15) is 17.6 Å². The third-order valence-electron chi connectivity index (χ3n) is 5.60. The molecule has 0 saturated heterocycles. The summed E-state index contributed by atoms with van der Waals surface area (Å²) in [6.45, 7) is 1.12. The van der Waals surface area contributed by atoms with Gasteiger partial charge in [0.05, 0.1) is 9.79 Å². The van der Waals surface area contributed by atoms with E-state index < -0.39 is 15.7 Å². The normalized spacial score (nSPS) is 11.3. The van der Waals surface area contributed by atoms with E-state index in [2.05, 4.69) is 10.6 Å². The van der Waals surface area contributed by atoms with Gasteiger partial charge in [-0.1, -0.05) is 60.1 Å². The lowest BCUT2D eigenvalue weighted by Crippen LogP contribution is -2.22. The van der Waals surface area contributed by atoms with Crippen LogP contribution in [0.2, 0.25) is 5.02 Å². The van der Waals surface area contributed by atoms with Crippen LogP contribution in [0.25, 0.3) is 0 Å². The molecule has 0 aliphatic rings. The minimum absolute atomic E-state index is 0.0497. The van der Waals surface area contributed by atoms with E-state index in [4.69, 9.17) is 11.6 Å². The highest BCUT2D eigenvalue weighted by molar-refractivity contribution is 7.91. The lowest BCUT2D eigenvalue weighted by atomic mass is 10.1. The van der Waals surface area contributed by atoms with Crippen LogP contribution in [0.3, 0.4) is 0 Å². The van der Waals surface area contributed by atoms with Crippen LogP contribution in [0.5, 0.6) is 0 Å². The van der Waals surface area contributed by atoms with Crippen LogP contribution >= 0.6 is 11.6 Å². The Morgan fingerprint density at radius 1 is 0.778 bits per heavy atom. The molecule has 0 heterocycles. The van der Waals surface area contributed by atoms with Gasteiger partial charge in [0.1, 0.15) is 5.82 Å². The van der Waals surface area contributed by atoms with E-state index >= 15 is 0 Å². The second kappa shape index (κ2) is 11.5. The van der Waals surface area contributed by atoms with E-state index in [0.717, 1.165) is 17.2 Å². The van der Waals surface area contributed by atoms with Crippen molar-refractivity contribution in [1.29, 1.82) is 0 Å². The smallest absolute Gasteiger partial charge is 0.251 e. The van der Waals surface area contributed by atoms with Crippen LogP contribution in [-0.2, 0) is 29.5 Å². The molecule has 5 nitrogen and oxygen atoms in total. The molecule has 0 radical (unpaired) electrons. The van der Waals surface area contributed by atoms with Crippen LogP contribution in [0.4, 0.5) is 4.39 Å². The fourth-order valence-corrected chi connectivity index (χ4v) is 5.28. The number of halogens is 2. The molecule has 0 aliphatic heterocycles. The van der Waals surface area contributed by atoms with Gasteiger partial charge in [0.15, 0.2) is 0 Å². The summed E-state index contributed by atoms with van der Waals surface area (Å²) in [5, 5.41) is 6.53. The maximum Gasteiger partial charge on any atom is 0.251 e. The summed E-state index contributed by atoms with van der Waals surface area (Å²) < 4.78 is 40.2. The Morgan fingerprint density at radius 3 is 2.08 bits per heavy atom. The molecular formula is C28H24ClFN2O3S. The number of hydrogen-bond donors (Lipinski definition) is 2. The standard InChI is InChI=1S/C28H24ClFN2O3S/c29-24-11-14-26(15-12-24)36(34,35)27-16-25(30)13-10-23(27)19-31-17-20-6-8-21(9-7-20)18-32-28(33)22-4-2-1-3-5-22/h1-16,31H,17-19H2,(H,32,33). The van der Waals surface area contributed by atoms with Gasteiger partial charge in [-0.2, -0.15) is 0 Å². The number of rotatable bonds is 9. The molecule has 0 saturated carbocycles. The third-order valence-corrected chi connectivity index (χ3v) is 7.70. The first-order valence-electron chi connectivity index (χ1n) is 11.2. The van der Waals surface area contributed by atoms with Crippen LogP contribution in [-0.4, -0.2) is 14.3 Å². The summed E-state index contributed by atoms with van der Waals surface area (Å²) >= 11 is 5.87. The molecule has 0 aromatic heterocycles. The first-order chi connectivity index (χ1) is 17.3. The van der Waals surface area contributed by atoms with Crippen LogP contribution < -0.4 is 10.6 Å². The monoisotopic (exact) mass is 522 g/mol. The van der Waals surface area contributed by atoms with Crippen molar-refractivity contribution >= 4 is 27.3 Å². The summed E-state index contributed by atoms with van der Waals surface area (Å²) in [6.07, 6.45) is 0. The molecule has 184 valence electrons. The fourth-order valence-electron chi connectivity index (χ4n) is 3.66. The van der Waals surface area contributed by atoms with Gasteiger partial charge < -0.3 is 10.6 Å². The molecule has 8 heteroatoms. The highest BCUT2D eigenvalue weighted by atomic mass is 35.5. The molecule has 0 spiro atoms. The molecule has 4 aromatic carbocycles. The van der Waals surface area contributed by atoms with Crippen molar-refractivity contribution in [2.75, 3.05) is 0 Å².